The summed E-state index contributed by atoms with van der Waals surface area (Å²) in [4.78, 5) is 0. The fraction of sp³-hybridized carbons (Fsp3) is 0.133. The van der Waals surface area contributed by atoms with E-state index in [0.29, 0.717) is 0 Å². The van der Waals surface area contributed by atoms with E-state index >= 15 is 0 Å². The molecule has 17 heavy (non-hydrogen) atoms. The van der Waals surface area contributed by atoms with Gasteiger partial charge in [-0.1, -0.05) is 60.7 Å². The summed E-state index contributed by atoms with van der Waals surface area (Å²) >= 11 is 0. The third-order valence-electron chi connectivity index (χ3n) is 3.31. The summed E-state index contributed by atoms with van der Waals surface area (Å²) in [5.41, 5.74) is 5.51. The van der Waals surface area contributed by atoms with E-state index in [1.165, 1.54) is 11.1 Å². The van der Waals surface area contributed by atoms with Gasteiger partial charge in [-0.3, -0.25) is 0 Å². The van der Waals surface area contributed by atoms with Gasteiger partial charge in [0.05, 0.1) is 12.0 Å². The Morgan fingerprint density at radius 2 is 1.35 bits per heavy atom. The molecule has 0 unspecified atom stereocenters. The van der Waals surface area contributed by atoms with Gasteiger partial charge in [-0.2, -0.15) is 5.10 Å². The van der Waals surface area contributed by atoms with Crippen molar-refractivity contribution < 1.29 is 0 Å². The van der Waals surface area contributed by atoms with E-state index in [9.17, 15) is 0 Å². The Kier molecular flexibility index (Phi) is 2.41. The molecule has 0 atom stereocenters. The largest absolute Gasteiger partial charge is 0.309 e. The van der Waals surface area contributed by atoms with Crippen LogP contribution in [0.3, 0.4) is 0 Å². The van der Waals surface area contributed by atoms with Crippen LogP contribution in [0, 0.1) is 0 Å². The minimum Gasteiger partial charge on any atom is -0.309 e. The Labute approximate surface area is 101 Å². The number of rotatable bonds is 2. The van der Waals surface area contributed by atoms with Gasteiger partial charge in [0.2, 0.25) is 0 Å². The predicted octanol–water partition coefficient (Wildman–Crippen LogP) is 2.56. The summed E-state index contributed by atoms with van der Waals surface area (Å²) in [6, 6.07) is 21.0. The van der Waals surface area contributed by atoms with E-state index in [1.807, 2.05) is 18.3 Å². The monoisotopic (exact) mass is 222 g/mol. The lowest BCUT2D eigenvalue weighted by atomic mass is 9.76. The standard InChI is InChI=1S/C15H14N2/c1-3-7-13(8-4-1)15(11-16-17-12-15)14-9-5-2-6-10-14/h1-11,17H,12H2. The van der Waals surface area contributed by atoms with Crippen molar-refractivity contribution in [3.63, 3.8) is 0 Å². The molecule has 1 N–H and O–H groups in total. The van der Waals surface area contributed by atoms with Gasteiger partial charge in [0.1, 0.15) is 0 Å². The second kappa shape index (κ2) is 4.06. The van der Waals surface area contributed by atoms with Crippen molar-refractivity contribution >= 4 is 6.21 Å². The maximum Gasteiger partial charge on any atom is 0.0761 e. The lowest BCUT2D eigenvalue weighted by molar-refractivity contribution is 0.656. The molecule has 84 valence electrons. The van der Waals surface area contributed by atoms with Crippen LogP contribution in [0.5, 0.6) is 0 Å². The van der Waals surface area contributed by atoms with Crippen LogP contribution in [0.2, 0.25) is 0 Å². The molecule has 0 saturated carbocycles. The zero-order valence-electron chi connectivity index (χ0n) is 9.51. The van der Waals surface area contributed by atoms with Gasteiger partial charge in [0, 0.05) is 6.21 Å². The third kappa shape index (κ3) is 1.62. The zero-order chi connectivity index (χ0) is 11.6. The van der Waals surface area contributed by atoms with Gasteiger partial charge < -0.3 is 5.43 Å². The lowest BCUT2D eigenvalue weighted by Gasteiger charge is -2.26. The molecule has 3 rings (SSSR count). The van der Waals surface area contributed by atoms with E-state index in [2.05, 4.69) is 59.1 Å². The summed E-state index contributed by atoms with van der Waals surface area (Å²) < 4.78 is 0. The molecule has 2 heteroatoms. The molecule has 0 radical (unpaired) electrons. The molecule has 2 nitrogen and oxygen atoms in total. The zero-order valence-corrected chi connectivity index (χ0v) is 9.51. The molecule has 0 aliphatic carbocycles. The molecule has 2 aromatic carbocycles. The molecule has 0 amide bonds. The third-order valence-corrected chi connectivity index (χ3v) is 3.31. The number of hydrogen-bond donors (Lipinski definition) is 1. The van der Waals surface area contributed by atoms with Crippen LogP contribution in [0.15, 0.2) is 65.8 Å². The summed E-state index contributed by atoms with van der Waals surface area (Å²) in [6.07, 6.45) is 2.01. The summed E-state index contributed by atoms with van der Waals surface area (Å²) in [6.45, 7) is 0.820. The second-order valence-corrected chi connectivity index (χ2v) is 4.30. The Hall–Kier alpha value is -2.09. The first-order chi connectivity index (χ1) is 8.42. The van der Waals surface area contributed by atoms with Crippen molar-refractivity contribution in [3.05, 3.63) is 71.8 Å². The van der Waals surface area contributed by atoms with Crippen LogP contribution in [0.4, 0.5) is 0 Å². The first-order valence-corrected chi connectivity index (χ1v) is 5.80. The highest BCUT2D eigenvalue weighted by Crippen LogP contribution is 2.31. The highest BCUT2D eigenvalue weighted by atomic mass is 15.3. The molecule has 1 aliphatic heterocycles. The van der Waals surface area contributed by atoms with Crippen LogP contribution >= 0.6 is 0 Å². The fourth-order valence-corrected chi connectivity index (χ4v) is 2.36. The number of hydrazone groups is 1. The van der Waals surface area contributed by atoms with Gasteiger partial charge in [-0.05, 0) is 11.1 Å². The van der Waals surface area contributed by atoms with E-state index < -0.39 is 0 Å². The van der Waals surface area contributed by atoms with Crippen molar-refractivity contribution in [2.75, 3.05) is 6.54 Å². The van der Waals surface area contributed by atoms with E-state index in [4.69, 9.17) is 0 Å². The molecular weight excluding hydrogens is 208 g/mol. The Bertz CT molecular complexity index is 478. The molecular formula is C15H14N2. The molecule has 0 spiro atoms. The molecule has 0 fully saturated rings. The molecule has 0 saturated heterocycles. The predicted molar refractivity (Wildman–Crippen MR) is 70.2 cm³/mol. The van der Waals surface area contributed by atoms with Crippen LogP contribution in [0.25, 0.3) is 0 Å². The molecule has 2 aromatic rings. The highest BCUT2D eigenvalue weighted by molar-refractivity contribution is 5.81. The first kappa shape index (κ1) is 10.1. The van der Waals surface area contributed by atoms with Gasteiger partial charge >= 0.3 is 0 Å². The highest BCUT2D eigenvalue weighted by Gasteiger charge is 2.35. The number of nitrogens with zero attached hydrogens (tertiary/aromatic N) is 1. The van der Waals surface area contributed by atoms with Crippen molar-refractivity contribution in [1.29, 1.82) is 0 Å². The first-order valence-electron chi connectivity index (χ1n) is 5.80. The van der Waals surface area contributed by atoms with Gasteiger partial charge in [-0.15, -0.1) is 0 Å². The minimum absolute atomic E-state index is 0.123. The van der Waals surface area contributed by atoms with Crippen LogP contribution < -0.4 is 5.43 Å². The maximum atomic E-state index is 4.21. The van der Waals surface area contributed by atoms with Gasteiger partial charge in [0.25, 0.3) is 0 Å². The Morgan fingerprint density at radius 3 is 1.76 bits per heavy atom. The Balaban J connectivity index is 2.15. The van der Waals surface area contributed by atoms with Crippen LogP contribution in [-0.4, -0.2) is 12.8 Å². The van der Waals surface area contributed by atoms with E-state index in [1.54, 1.807) is 0 Å². The SMILES string of the molecule is C1=NNCC1(c1ccccc1)c1ccccc1. The summed E-state index contributed by atoms with van der Waals surface area (Å²) in [7, 11) is 0. The average molecular weight is 222 g/mol. The minimum atomic E-state index is -0.123. The van der Waals surface area contributed by atoms with Crippen molar-refractivity contribution in [2.24, 2.45) is 5.10 Å². The topological polar surface area (TPSA) is 24.4 Å². The quantitative estimate of drug-likeness (QED) is 0.829. The van der Waals surface area contributed by atoms with E-state index in [0.717, 1.165) is 6.54 Å². The lowest BCUT2D eigenvalue weighted by Crippen LogP contribution is -2.33. The van der Waals surface area contributed by atoms with Crippen molar-refractivity contribution in [2.45, 2.75) is 5.41 Å². The van der Waals surface area contributed by atoms with Crippen LogP contribution in [0.1, 0.15) is 11.1 Å². The summed E-state index contributed by atoms with van der Waals surface area (Å²) in [5, 5.41) is 4.21. The van der Waals surface area contributed by atoms with Gasteiger partial charge in [0.15, 0.2) is 0 Å². The molecule has 0 aromatic heterocycles. The fourth-order valence-electron chi connectivity index (χ4n) is 2.36. The Morgan fingerprint density at radius 1 is 0.824 bits per heavy atom. The molecule has 1 heterocycles. The van der Waals surface area contributed by atoms with Gasteiger partial charge in [-0.25, -0.2) is 0 Å². The van der Waals surface area contributed by atoms with E-state index in [-0.39, 0.29) is 5.41 Å². The second-order valence-electron chi connectivity index (χ2n) is 4.30. The molecule has 0 bridgehead atoms. The number of benzene rings is 2. The normalized spacial score (nSPS) is 16.7. The number of nitrogens with one attached hydrogen (secondary N) is 1. The molecule has 1 aliphatic rings. The van der Waals surface area contributed by atoms with Crippen molar-refractivity contribution in [1.82, 2.24) is 5.43 Å². The smallest absolute Gasteiger partial charge is 0.0761 e. The summed E-state index contributed by atoms with van der Waals surface area (Å²) in [5.74, 6) is 0. The van der Waals surface area contributed by atoms with Crippen LogP contribution in [-0.2, 0) is 5.41 Å². The average Bonchev–Trinajstić information content (AvgIpc) is 2.91. The maximum absolute atomic E-state index is 4.21. The van der Waals surface area contributed by atoms with Crippen molar-refractivity contribution in [3.8, 4) is 0 Å². The number of hydrogen-bond acceptors (Lipinski definition) is 2.